The molecule has 0 radical (unpaired) electrons. The molecule has 50 heavy (non-hydrogen) atoms. The van der Waals surface area contributed by atoms with Gasteiger partial charge < -0.3 is 18.9 Å². The van der Waals surface area contributed by atoms with Gasteiger partial charge in [0, 0.05) is 26.2 Å². The van der Waals surface area contributed by atoms with E-state index in [9.17, 15) is 9.59 Å². The van der Waals surface area contributed by atoms with Crippen LogP contribution in [0.1, 0.15) is 68.7 Å². The predicted octanol–water partition coefficient (Wildman–Crippen LogP) is 7.63. The van der Waals surface area contributed by atoms with E-state index in [0.717, 1.165) is 88.9 Å². The molecule has 4 aromatic rings. The molecule has 0 heterocycles. The highest BCUT2D eigenvalue weighted by Crippen LogP contribution is 2.23. The molecular formula is C42H52N2O6. The molecule has 0 aliphatic rings. The Morgan fingerprint density at radius 2 is 0.880 bits per heavy atom. The smallest absolute Gasteiger partial charge is 0.341 e. The number of unbranched alkanes of at least 4 members (excludes halogenated alkanes) is 3. The van der Waals surface area contributed by atoms with E-state index in [1.54, 1.807) is 14.2 Å². The Hall–Kier alpha value is -4.66. The number of carbonyl (C=O) groups is 2. The Morgan fingerprint density at radius 1 is 0.480 bits per heavy atom. The summed E-state index contributed by atoms with van der Waals surface area (Å²) >= 11 is 0. The Labute approximate surface area is 297 Å². The second-order valence-corrected chi connectivity index (χ2v) is 12.5. The number of nitrogens with zero attached hydrogens (tertiary/aromatic N) is 2. The van der Waals surface area contributed by atoms with Crippen LogP contribution < -0.4 is 9.47 Å². The Morgan fingerprint density at radius 3 is 1.24 bits per heavy atom. The molecule has 0 spiro atoms. The largest absolute Gasteiger partial charge is 0.496 e. The average molecular weight is 681 g/mol. The van der Waals surface area contributed by atoms with Gasteiger partial charge in [0.15, 0.2) is 0 Å². The number of ether oxygens (including phenoxy) is 4. The van der Waals surface area contributed by atoms with E-state index in [-0.39, 0.29) is 11.9 Å². The molecule has 0 N–H and O–H groups in total. The van der Waals surface area contributed by atoms with E-state index in [4.69, 9.17) is 18.9 Å². The highest BCUT2D eigenvalue weighted by molar-refractivity contribution is 5.93. The minimum absolute atomic E-state index is 0.388. The normalized spacial score (nSPS) is 11.1. The zero-order valence-electron chi connectivity index (χ0n) is 30.1. The Balaban J connectivity index is 1.31. The summed E-state index contributed by atoms with van der Waals surface area (Å²) in [5.41, 5.74) is 5.67. The third-order valence-corrected chi connectivity index (χ3v) is 8.97. The fourth-order valence-corrected chi connectivity index (χ4v) is 6.18. The second-order valence-electron chi connectivity index (χ2n) is 12.5. The molecule has 4 aromatic carbocycles. The zero-order valence-corrected chi connectivity index (χ0v) is 30.1. The van der Waals surface area contributed by atoms with Crippen molar-refractivity contribution in [3.8, 4) is 11.5 Å². The Bertz CT molecular complexity index is 1490. The number of rotatable bonds is 21. The van der Waals surface area contributed by atoms with Crippen molar-refractivity contribution in [2.24, 2.45) is 0 Å². The van der Waals surface area contributed by atoms with Gasteiger partial charge in [-0.1, -0.05) is 85.6 Å². The molecule has 0 saturated heterocycles. The first-order valence-corrected chi connectivity index (χ1v) is 17.5. The van der Waals surface area contributed by atoms with Gasteiger partial charge in [-0.2, -0.15) is 0 Å². The van der Waals surface area contributed by atoms with Crippen LogP contribution in [0, 0.1) is 0 Å². The minimum atomic E-state index is -0.388. The molecule has 8 heteroatoms. The molecule has 0 fully saturated rings. The lowest BCUT2D eigenvalue weighted by Crippen LogP contribution is -2.27. The summed E-state index contributed by atoms with van der Waals surface area (Å²) in [7, 11) is 5.91. The second kappa shape index (κ2) is 20.8. The van der Waals surface area contributed by atoms with Gasteiger partial charge in [-0.25, -0.2) is 9.59 Å². The summed E-state index contributed by atoms with van der Waals surface area (Å²) < 4.78 is 20.7. The van der Waals surface area contributed by atoms with Crippen molar-refractivity contribution in [2.75, 3.05) is 54.6 Å². The molecule has 0 saturated carbocycles. The van der Waals surface area contributed by atoms with Gasteiger partial charge in [0.05, 0.1) is 28.4 Å². The molecule has 0 bridgehead atoms. The highest BCUT2D eigenvalue weighted by Gasteiger charge is 2.16. The summed E-state index contributed by atoms with van der Waals surface area (Å²) in [6.07, 6.45) is 6.18. The van der Waals surface area contributed by atoms with Gasteiger partial charge >= 0.3 is 11.9 Å². The molecule has 0 atom stereocenters. The third kappa shape index (κ3) is 12.0. The van der Waals surface area contributed by atoms with Crippen LogP contribution in [0.15, 0.2) is 97.1 Å². The molecular weight excluding hydrogens is 628 g/mol. The van der Waals surface area contributed by atoms with E-state index >= 15 is 0 Å². The number of esters is 2. The number of hydrogen-bond donors (Lipinski definition) is 0. The molecule has 0 aliphatic carbocycles. The first-order valence-electron chi connectivity index (χ1n) is 17.5. The summed E-state index contributed by atoms with van der Waals surface area (Å²) in [5.74, 6) is 0.274. The van der Waals surface area contributed by atoms with Crippen LogP contribution in [0.5, 0.6) is 11.5 Å². The first kappa shape index (κ1) is 38.1. The summed E-state index contributed by atoms with van der Waals surface area (Å²) in [6, 6.07) is 32.7. The quantitative estimate of drug-likeness (QED) is 0.0657. The standard InChI is InChI=1S/C42H52N2O6/c1-47-39-21-19-33(29-37(39)41(45)49-3)23-27-43(31-35-15-9-7-10-16-35)25-13-5-6-14-26-44(32-36-17-11-8-12-18-36)28-24-34-20-22-40(48-2)38(30-34)42(46)50-4/h7-12,15-22,29-30H,5-6,13-14,23-28,31-32H2,1-4H3. The van der Waals surface area contributed by atoms with E-state index in [0.29, 0.717) is 22.6 Å². The third-order valence-electron chi connectivity index (χ3n) is 8.97. The van der Waals surface area contributed by atoms with Crippen molar-refractivity contribution >= 4 is 11.9 Å². The van der Waals surface area contributed by atoms with Crippen molar-refractivity contribution in [1.29, 1.82) is 0 Å². The van der Waals surface area contributed by atoms with Gasteiger partial charge in [-0.05, 0) is 85.3 Å². The van der Waals surface area contributed by atoms with Crippen LogP contribution in [0.3, 0.4) is 0 Å². The van der Waals surface area contributed by atoms with Crippen molar-refractivity contribution in [1.82, 2.24) is 9.80 Å². The number of hydrogen-bond acceptors (Lipinski definition) is 8. The first-order chi connectivity index (χ1) is 24.4. The van der Waals surface area contributed by atoms with E-state index in [1.807, 2.05) is 36.4 Å². The molecule has 0 unspecified atom stereocenters. The maximum Gasteiger partial charge on any atom is 0.341 e. The van der Waals surface area contributed by atoms with Crippen molar-refractivity contribution < 1.29 is 28.5 Å². The topological polar surface area (TPSA) is 77.5 Å². The van der Waals surface area contributed by atoms with E-state index < -0.39 is 0 Å². The SMILES string of the molecule is COC(=O)c1cc(CCN(CCCCCCN(CCc2ccc(OC)c(C(=O)OC)c2)Cc2ccccc2)Cc2ccccc2)ccc1OC. The monoisotopic (exact) mass is 680 g/mol. The highest BCUT2D eigenvalue weighted by atomic mass is 16.5. The number of carbonyl (C=O) groups excluding carboxylic acids is 2. The van der Waals surface area contributed by atoms with Crippen LogP contribution >= 0.6 is 0 Å². The molecule has 0 aromatic heterocycles. The minimum Gasteiger partial charge on any atom is -0.496 e. The van der Waals surface area contributed by atoms with E-state index in [1.165, 1.54) is 25.3 Å². The van der Waals surface area contributed by atoms with Crippen LogP contribution in [0.25, 0.3) is 0 Å². The fraction of sp³-hybridized carbons (Fsp3) is 0.381. The van der Waals surface area contributed by atoms with Crippen LogP contribution in [0.2, 0.25) is 0 Å². The van der Waals surface area contributed by atoms with Gasteiger partial charge in [0.1, 0.15) is 22.6 Å². The molecule has 0 aliphatic heterocycles. The van der Waals surface area contributed by atoms with E-state index in [2.05, 4.69) is 70.5 Å². The van der Waals surface area contributed by atoms with Crippen molar-refractivity contribution in [3.05, 3.63) is 130 Å². The van der Waals surface area contributed by atoms with Gasteiger partial charge in [-0.3, -0.25) is 9.80 Å². The Kier molecular flexibility index (Phi) is 15.8. The maximum atomic E-state index is 12.3. The van der Waals surface area contributed by atoms with Crippen molar-refractivity contribution in [2.45, 2.75) is 51.6 Å². The van der Waals surface area contributed by atoms with Crippen molar-refractivity contribution in [3.63, 3.8) is 0 Å². The van der Waals surface area contributed by atoms with Crippen LogP contribution in [-0.2, 0) is 35.4 Å². The molecule has 266 valence electrons. The summed E-state index contributed by atoms with van der Waals surface area (Å²) in [5, 5.41) is 0. The summed E-state index contributed by atoms with van der Waals surface area (Å²) in [6.45, 7) is 5.54. The lowest BCUT2D eigenvalue weighted by molar-refractivity contribution is 0.0587. The zero-order chi connectivity index (χ0) is 35.6. The molecule has 8 nitrogen and oxygen atoms in total. The van der Waals surface area contributed by atoms with Crippen LogP contribution in [-0.4, -0.2) is 76.4 Å². The number of benzene rings is 4. The number of methoxy groups -OCH3 is 4. The predicted molar refractivity (Wildman–Crippen MR) is 198 cm³/mol. The fourth-order valence-electron chi connectivity index (χ4n) is 6.18. The van der Waals surface area contributed by atoms with Gasteiger partial charge in [-0.15, -0.1) is 0 Å². The maximum absolute atomic E-state index is 12.3. The lowest BCUT2D eigenvalue weighted by Gasteiger charge is -2.24. The summed E-state index contributed by atoms with van der Waals surface area (Å²) in [4.78, 5) is 29.7. The van der Waals surface area contributed by atoms with Gasteiger partial charge in [0.2, 0.25) is 0 Å². The average Bonchev–Trinajstić information content (AvgIpc) is 3.16. The van der Waals surface area contributed by atoms with Crippen LogP contribution in [0.4, 0.5) is 0 Å². The van der Waals surface area contributed by atoms with Gasteiger partial charge in [0.25, 0.3) is 0 Å². The lowest BCUT2D eigenvalue weighted by atomic mass is 10.1. The molecule has 0 amide bonds. The molecule has 4 rings (SSSR count).